The summed E-state index contributed by atoms with van der Waals surface area (Å²) in [5.74, 6) is 3.23. The maximum atomic E-state index is 6.27. The van der Waals surface area contributed by atoms with Crippen LogP contribution in [0.1, 0.15) is 44.0 Å². The number of ether oxygens (including phenoxy) is 1. The van der Waals surface area contributed by atoms with Crippen molar-refractivity contribution in [2.75, 3.05) is 0 Å². The number of thiophene rings is 1. The van der Waals surface area contributed by atoms with E-state index in [1.54, 1.807) is 11.3 Å². The molecule has 0 bridgehead atoms. The van der Waals surface area contributed by atoms with Gasteiger partial charge in [-0.15, -0.1) is 11.3 Å². The average Bonchev–Trinajstić information content (AvgIpc) is 3.69. The van der Waals surface area contributed by atoms with Crippen LogP contribution in [-0.4, -0.2) is 30.1 Å². The first-order valence-corrected chi connectivity index (χ1v) is 13.7. The number of imidazole rings is 2. The summed E-state index contributed by atoms with van der Waals surface area (Å²) in [6.07, 6.45) is 4.55. The van der Waals surface area contributed by atoms with Crippen molar-refractivity contribution in [3.63, 3.8) is 0 Å². The molecule has 0 fully saturated rings. The van der Waals surface area contributed by atoms with Crippen LogP contribution in [0.25, 0.3) is 64.4 Å². The van der Waals surface area contributed by atoms with Gasteiger partial charge in [0.05, 0.1) is 33.8 Å². The molecule has 0 aliphatic carbocycles. The lowest BCUT2D eigenvalue weighted by Gasteiger charge is -2.17. The number of H-pyrrole nitrogens is 2. The minimum absolute atomic E-state index is 0.305. The second kappa shape index (κ2) is 7.85. The van der Waals surface area contributed by atoms with Crippen LogP contribution in [0.15, 0.2) is 48.8 Å². The first-order chi connectivity index (χ1) is 18.6. The highest BCUT2D eigenvalue weighted by atomic mass is 32.1. The van der Waals surface area contributed by atoms with E-state index in [1.165, 1.54) is 15.8 Å². The first-order valence-electron chi connectivity index (χ1n) is 12.9. The fraction of sp³-hybridized carbons (Fsp3) is 0.200. The van der Waals surface area contributed by atoms with Crippen molar-refractivity contribution in [3.8, 4) is 27.4 Å². The second-order valence-electron chi connectivity index (χ2n) is 10.2. The normalized spacial score (nSPS) is 13.1. The Labute approximate surface area is 221 Å². The lowest BCUT2D eigenvalue weighted by atomic mass is 9.99. The number of hydrogen-bond acceptors (Lipinski definition) is 6. The van der Waals surface area contributed by atoms with Gasteiger partial charge in [0, 0.05) is 38.9 Å². The van der Waals surface area contributed by atoms with Crippen LogP contribution in [0, 0.1) is 0 Å². The Morgan fingerprint density at radius 1 is 0.947 bits per heavy atom. The Hall–Kier alpha value is -4.30. The molecule has 38 heavy (non-hydrogen) atoms. The number of aromatic nitrogens is 6. The lowest BCUT2D eigenvalue weighted by Crippen LogP contribution is -2.05. The first kappa shape index (κ1) is 21.8. The van der Waals surface area contributed by atoms with Crippen LogP contribution in [-0.2, 0) is 13.0 Å². The van der Waals surface area contributed by atoms with Crippen molar-refractivity contribution in [1.82, 2.24) is 30.1 Å². The quantitative estimate of drug-likeness (QED) is 0.237. The van der Waals surface area contributed by atoms with Gasteiger partial charge < -0.3 is 14.7 Å². The molecule has 7 aromatic rings. The highest BCUT2D eigenvalue weighted by Gasteiger charge is 2.24. The van der Waals surface area contributed by atoms with Crippen molar-refractivity contribution < 1.29 is 4.74 Å². The standard InChI is InChI=1S/C30H24N6OS/c1-4-24-33-22-13-37-28-18(25(22)34-24)8-6-16-10-23(38-29(16)28)15-5-7-17-19(9-15)20-11-31-32-12-21(20)27-26(17)35-30(36-27)14(2)3/h5-12,14H,4,13H2,1-3H3,(H,33,34)(H,35,36). The number of fused-ring (bicyclic) bond motifs is 11. The summed E-state index contributed by atoms with van der Waals surface area (Å²) in [6.45, 7) is 6.91. The monoisotopic (exact) mass is 516 g/mol. The molecule has 0 radical (unpaired) electrons. The molecule has 8 heteroatoms. The molecule has 1 aliphatic rings. The Morgan fingerprint density at radius 3 is 2.66 bits per heavy atom. The highest BCUT2D eigenvalue weighted by Crippen LogP contribution is 2.47. The smallest absolute Gasteiger partial charge is 0.147 e. The summed E-state index contributed by atoms with van der Waals surface area (Å²) >= 11 is 1.77. The molecule has 4 aromatic heterocycles. The highest BCUT2D eigenvalue weighted by molar-refractivity contribution is 7.22. The number of nitrogens with one attached hydrogen (secondary N) is 2. The number of benzene rings is 3. The van der Waals surface area contributed by atoms with Gasteiger partial charge in [-0.1, -0.05) is 39.0 Å². The van der Waals surface area contributed by atoms with Crippen LogP contribution in [0.2, 0.25) is 0 Å². The van der Waals surface area contributed by atoms with Crippen LogP contribution in [0.3, 0.4) is 0 Å². The second-order valence-corrected chi connectivity index (χ2v) is 11.2. The topological polar surface area (TPSA) is 92.4 Å². The van der Waals surface area contributed by atoms with Gasteiger partial charge in [-0.25, -0.2) is 9.97 Å². The largest absolute Gasteiger partial charge is 0.485 e. The van der Waals surface area contributed by atoms with Crippen molar-refractivity contribution in [1.29, 1.82) is 0 Å². The molecule has 0 saturated heterocycles. The van der Waals surface area contributed by atoms with Gasteiger partial charge in [-0.3, -0.25) is 0 Å². The van der Waals surface area contributed by atoms with Crippen molar-refractivity contribution in [2.45, 2.75) is 39.7 Å². The molecule has 0 amide bonds. The van der Waals surface area contributed by atoms with E-state index in [-0.39, 0.29) is 0 Å². The Bertz CT molecular complexity index is 2060. The molecule has 0 atom stereocenters. The van der Waals surface area contributed by atoms with E-state index in [0.29, 0.717) is 12.5 Å². The lowest BCUT2D eigenvalue weighted by molar-refractivity contribution is 0.302. The molecule has 186 valence electrons. The molecule has 0 unspecified atom stereocenters. The van der Waals surface area contributed by atoms with E-state index in [1.807, 2.05) is 12.4 Å². The summed E-state index contributed by atoms with van der Waals surface area (Å²) in [5.41, 5.74) is 6.33. The van der Waals surface area contributed by atoms with E-state index in [0.717, 1.165) is 78.0 Å². The Morgan fingerprint density at radius 2 is 1.82 bits per heavy atom. The zero-order valence-electron chi connectivity index (χ0n) is 21.2. The van der Waals surface area contributed by atoms with Crippen LogP contribution >= 0.6 is 11.3 Å². The number of aryl methyl sites for hydroxylation is 1. The van der Waals surface area contributed by atoms with Crippen LogP contribution in [0.5, 0.6) is 5.75 Å². The van der Waals surface area contributed by atoms with E-state index in [2.05, 4.69) is 77.3 Å². The van der Waals surface area contributed by atoms with Crippen LogP contribution in [0.4, 0.5) is 0 Å². The average molecular weight is 517 g/mol. The predicted octanol–water partition coefficient (Wildman–Crippen LogP) is 7.51. The number of nitrogens with zero attached hydrogens (tertiary/aromatic N) is 4. The van der Waals surface area contributed by atoms with E-state index in [9.17, 15) is 0 Å². The molecular weight excluding hydrogens is 492 g/mol. The molecule has 8 rings (SSSR count). The molecule has 3 aromatic carbocycles. The third-order valence-electron chi connectivity index (χ3n) is 7.54. The van der Waals surface area contributed by atoms with Gasteiger partial charge >= 0.3 is 0 Å². The molecule has 0 saturated carbocycles. The summed E-state index contributed by atoms with van der Waals surface area (Å²) in [5, 5.41) is 13.9. The molecule has 5 heterocycles. The minimum atomic E-state index is 0.305. The van der Waals surface area contributed by atoms with Gasteiger partial charge in [-0.2, -0.15) is 10.2 Å². The summed E-state index contributed by atoms with van der Waals surface area (Å²) in [6, 6.07) is 13.3. The van der Waals surface area contributed by atoms with Crippen molar-refractivity contribution in [2.24, 2.45) is 0 Å². The minimum Gasteiger partial charge on any atom is -0.485 e. The molecule has 7 nitrogen and oxygen atoms in total. The molecule has 1 aliphatic heterocycles. The number of aromatic amines is 2. The predicted molar refractivity (Wildman–Crippen MR) is 153 cm³/mol. The van der Waals surface area contributed by atoms with Gasteiger partial charge in [-0.05, 0) is 34.5 Å². The fourth-order valence-electron chi connectivity index (χ4n) is 5.58. The number of hydrogen-bond donors (Lipinski definition) is 2. The van der Waals surface area contributed by atoms with E-state index < -0.39 is 0 Å². The molecule has 2 N–H and O–H groups in total. The van der Waals surface area contributed by atoms with Crippen molar-refractivity contribution >= 4 is 54.0 Å². The van der Waals surface area contributed by atoms with Gasteiger partial charge in [0.15, 0.2) is 0 Å². The maximum absolute atomic E-state index is 6.27. The molecule has 0 spiro atoms. The third kappa shape index (κ3) is 3.01. The van der Waals surface area contributed by atoms with E-state index in [4.69, 9.17) is 14.7 Å². The summed E-state index contributed by atoms with van der Waals surface area (Å²) in [7, 11) is 0. The zero-order valence-corrected chi connectivity index (χ0v) is 22.0. The molecular formula is C30H24N6OS. The maximum Gasteiger partial charge on any atom is 0.147 e. The number of rotatable bonds is 3. The summed E-state index contributed by atoms with van der Waals surface area (Å²) in [4.78, 5) is 17.9. The Kier molecular flexibility index (Phi) is 4.49. The van der Waals surface area contributed by atoms with Crippen LogP contribution < -0.4 is 4.74 Å². The van der Waals surface area contributed by atoms with Gasteiger partial charge in [0.1, 0.15) is 29.7 Å². The summed E-state index contributed by atoms with van der Waals surface area (Å²) < 4.78 is 7.43. The van der Waals surface area contributed by atoms with Crippen molar-refractivity contribution in [3.05, 3.63) is 66.1 Å². The third-order valence-corrected chi connectivity index (χ3v) is 8.74. The van der Waals surface area contributed by atoms with E-state index >= 15 is 0 Å². The van der Waals surface area contributed by atoms with Gasteiger partial charge in [0.25, 0.3) is 0 Å². The SMILES string of the molecule is CCc1nc2c([nH]1)-c1ccc3cc(-c4ccc5c(c4)c4cnncc4c4nc(C(C)C)[nH]c54)sc3c1OC2. The van der Waals surface area contributed by atoms with Gasteiger partial charge in [0.2, 0.25) is 0 Å². The zero-order chi connectivity index (χ0) is 25.5. The fourth-order valence-corrected chi connectivity index (χ4v) is 6.73. The Balaban J connectivity index is 1.33.